The molecule has 0 spiro atoms. The minimum Gasteiger partial charge on any atom is -0.477 e. The van der Waals surface area contributed by atoms with Crippen molar-refractivity contribution in [2.45, 2.75) is 6.92 Å². The van der Waals surface area contributed by atoms with Gasteiger partial charge in [-0.3, -0.25) is 4.79 Å². The third kappa shape index (κ3) is 2.31. The molecule has 0 aliphatic rings. The predicted octanol–water partition coefficient (Wildman–Crippen LogP) is 2.80. The Balaban J connectivity index is 2.19. The first-order valence-electron chi connectivity index (χ1n) is 5.99. The van der Waals surface area contributed by atoms with Crippen LogP contribution in [0.15, 0.2) is 29.1 Å². The van der Waals surface area contributed by atoms with Crippen LogP contribution in [0.4, 0.5) is 4.39 Å². The van der Waals surface area contributed by atoms with Gasteiger partial charge >= 0.3 is 5.97 Å². The highest BCUT2D eigenvalue weighted by Crippen LogP contribution is 2.31. The zero-order valence-electron chi connectivity index (χ0n) is 10.8. The molecule has 2 N–H and O–H groups in total. The Labute approximate surface area is 121 Å². The van der Waals surface area contributed by atoms with E-state index in [0.717, 1.165) is 10.1 Å². The van der Waals surface area contributed by atoms with E-state index in [1.165, 1.54) is 30.4 Å². The first-order valence-corrected chi connectivity index (χ1v) is 6.81. The number of rotatable bonds is 2. The van der Waals surface area contributed by atoms with Gasteiger partial charge in [-0.05, 0) is 30.5 Å². The summed E-state index contributed by atoms with van der Waals surface area (Å²) in [5.74, 6) is -1.37. The monoisotopic (exact) mass is 304 g/mol. The number of halogens is 1. The van der Waals surface area contributed by atoms with Gasteiger partial charge in [-0.15, -0.1) is 11.3 Å². The number of nitrogens with one attached hydrogen (secondary N) is 1. The van der Waals surface area contributed by atoms with Crippen LogP contribution in [0.5, 0.6) is 0 Å². The van der Waals surface area contributed by atoms with Crippen LogP contribution in [0.2, 0.25) is 0 Å². The highest BCUT2D eigenvalue weighted by atomic mass is 32.1. The fourth-order valence-corrected chi connectivity index (χ4v) is 3.11. The fraction of sp³-hybridized carbons (Fsp3) is 0.0714. The van der Waals surface area contributed by atoms with Crippen molar-refractivity contribution in [3.63, 3.8) is 0 Å². The maximum Gasteiger partial charge on any atom is 0.343 e. The molecule has 0 fully saturated rings. The van der Waals surface area contributed by atoms with Crippen molar-refractivity contribution in [2.75, 3.05) is 0 Å². The molecule has 3 rings (SSSR count). The van der Waals surface area contributed by atoms with E-state index in [1.807, 2.05) is 0 Å². The number of aromatic nitrogens is 2. The summed E-state index contributed by atoms with van der Waals surface area (Å²) in [6.07, 6.45) is 0. The molecule has 0 saturated carbocycles. The molecule has 0 saturated heterocycles. The van der Waals surface area contributed by atoms with E-state index >= 15 is 0 Å². The van der Waals surface area contributed by atoms with E-state index in [4.69, 9.17) is 5.11 Å². The Morgan fingerprint density at radius 2 is 2.14 bits per heavy atom. The lowest BCUT2D eigenvalue weighted by molar-refractivity contribution is 0.0693. The van der Waals surface area contributed by atoms with Crippen molar-refractivity contribution in [1.29, 1.82) is 0 Å². The highest BCUT2D eigenvalue weighted by molar-refractivity contribution is 7.22. The van der Waals surface area contributed by atoms with Crippen molar-refractivity contribution in [1.82, 2.24) is 9.97 Å². The molecular formula is C14H9FN2O3S. The lowest BCUT2D eigenvalue weighted by Crippen LogP contribution is -2.21. The number of fused-ring (bicyclic) bond motifs is 1. The van der Waals surface area contributed by atoms with Crippen LogP contribution in [0.25, 0.3) is 20.8 Å². The fourth-order valence-electron chi connectivity index (χ4n) is 2.08. The van der Waals surface area contributed by atoms with E-state index in [2.05, 4.69) is 9.97 Å². The normalized spacial score (nSPS) is 11.0. The van der Waals surface area contributed by atoms with Gasteiger partial charge in [0.1, 0.15) is 11.4 Å². The smallest absolute Gasteiger partial charge is 0.343 e. The van der Waals surface area contributed by atoms with Crippen LogP contribution >= 0.6 is 11.3 Å². The topological polar surface area (TPSA) is 83.0 Å². The minimum atomic E-state index is -1.31. The number of aromatic carboxylic acids is 1. The average Bonchev–Trinajstić information content (AvgIpc) is 2.80. The summed E-state index contributed by atoms with van der Waals surface area (Å²) < 4.78 is 13.9. The molecule has 5 nitrogen and oxygen atoms in total. The molecule has 0 aliphatic heterocycles. The van der Waals surface area contributed by atoms with Gasteiger partial charge < -0.3 is 10.1 Å². The first kappa shape index (κ1) is 13.4. The van der Waals surface area contributed by atoms with Gasteiger partial charge in [0.15, 0.2) is 5.82 Å². The molecule has 2 aromatic heterocycles. The van der Waals surface area contributed by atoms with Crippen LogP contribution in [-0.4, -0.2) is 21.0 Å². The molecule has 0 aliphatic carbocycles. The zero-order chi connectivity index (χ0) is 15.1. The summed E-state index contributed by atoms with van der Waals surface area (Å²) in [5, 5.41) is 9.79. The van der Waals surface area contributed by atoms with Gasteiger partial charge in [-0.1, -0.05) is 6.07 Å². The maximum absolute atomic E-state index is 13.2. The number of benzene rings is 1. The number of carboxylic acid groups (broad SMARTS) is 1. The van der Waals surface area contributed by atoms with E-state index in [0.29, 0.717) is 4.88 Å². The quantitative estimate of drug-likeness (QED) is 0.762. The van der Waals surface area contributed by atoms with Gasteiger partial charge in [0, 0.05) is 4.70 Å². The Morgan fingerprint density at radius 1 is 1.38 bits per heavy atom. The third-order valence-electron chi connectivity index (χ3n) is 3.03. The van der Waals surface area contributed by atoms with E-state index in [-0.39, 0.29) is 22.9 Å². The van der Waals surface area contributed by atoms with Gasteiger partial charge in [-0.2, -0.15) is 0 Å². The van der Waals surface area contributed by atoms with E-state index in [9.17, 15) is 14.0 Å². The van der Waals surface area contributed by atoms with Crippen molar-refractivity contribution in [2.24, 2.45) is 0 Å². The summed E-state index contributed by atoms with van der Waals surface area (Å²) in [6, 6.07) is 6.17. The van der Waals surface area contributed by atoms with Gasteiger partial charge in [0.25, 0.3) is 5.56 Å². The summed E-state index contributed by atoms with van der Waals surface area (Å²) in [4.78, 5) is 30.0. The largest absolute Gasteiger partial charge is 0.477 e. The first-order chi connectivity index (χ1) is 9.95. The number of H-pyrrole nitrogens is 1. The van der Waals surface area contributed by atoms with Crippen LogP contribution in [-0.2, 0) is 0 Å². The molecular weight excluding hydrogens is 295 g/mol. The Bertz CT molecular complexity index is 930. The molecule has 106 valence electrons. The molecule has 7 heteroatoms. The molecule has 1 aromatic carbocycles. The molecule has 3 aromatic rings. The van der Waals surface area contributed by atoms with Crippen LogP contribution < -0.4 is 5.56 Å². The van der Waals surface area contributed by atoms with Crippen LogP contribution in [0.1, 0.15) is 16.1 Å². The van der Waals surface area contributed by atoms with Crippen molar-refractivity contribution < 1.29 is 14.3 Å². The van der Waals surface area contributed by atoms with Crippen molar-refractivity contribution in [3.05, 3.63) is 51.7 Å². The molecule has 0 radical (unpaired) electrons. The van der Waals surface area contributed by atoms with Gasteiger partial charge in [0.2, 0.25) is 0 Å². The Hall–Kier alpha value is -2.54. The van der Waals surface area contributed by atoms with Gasteiger partial charge in [0.05, 0.1) is 10.6 Å². The van der Waals surface area contributed by atoms with Crippen LogP contribution in [0, 0.1) is 12.7 Å². The molecule has 0 unspecified atom stereocenters. The predicted molar refractivity (Wildman–Crippen MR) is 77.3 cm³/mol. The second-order valence-corrected chi connectivity index (χ2v) is 5.56. The Morgan fingerprint density at radius 3 is 2.81 bits per heavy atom. The Kier molecular flexibility index (Phi) is 3.06. The molecule has 0 atom stereocenters. The molecule has 0 amide bonds. The summed E-state index contributed by atoms with van der Waals surface area (Å²) in [6.45, 7) is 1.47. The SMILES string of the molecule is Cc1nc(-c2cc3ccc(F)cc3s2)[nH]c(=O)c1C(=O)O. The lowest BCUT2D eigenvalue weighted by atomic mass is 10.2. The van der Waals surface area contributed by atoms with Crippen LogP contribution in [0.3, 0.4) is 0 Å². The number of aromatic amines is 1. The molecule has 0 bridgehead atoms. The second-order valence-electron chi connectivity index (χ2n) is 4.47. The highest BCUT2D eigenvalue weighted by Gasteiger charge is 2.16. The molecule has 2 heterocycles. The lowest BCUT2D eigenvalue weighted by Gasteiger charge is -2.02. The van der Waals surface area contributed by atoms with E-state index in [1.54, 1.807) is 12.1 Å². The number of carbonyl (C=O) groups is 1. The zero-order valence-corrected chi connectivity index (χ0v) is 11.6. The second kappa shape index (κ2) is 4.78. The van der Waals surface area contributed by atoms with Gasteiger partial charge in [-0.25, -0.2) is 14.2 Å². The maximum atomic E-state index is 13.2. The molecule has 21 heavy (non-hydrogen) atoms. The standard InChI is InChI=1S/C14H9FN2O3S/c1-6-11(14(19)20)13(18)17-12(16-6)10-4-7-2-3-8(15)5-9(7)21-10/h2-5H,1H3,(H,19,20)(H,16,17,18). The number of aryl methyl sites for hydroxylation is 1. The number of thiophene rings is 1. The summed E-state index contributed by atoms with van der Waals surface area (Å²) in [7, 11) is 0. The third-order valence-corrected chi connectivity index (χ3v) is 4.13. The van der Waals surface area contributed by atoms with Crippen molar-refractivity contribution >= 4 is 27.4 Å². The number of hydrogen-bond acceptors (Lipinski definition) is 4. The minimum absolute atomic E-state index is 0.143. The van der Waals surface area contributed by atoms with Crippen molar-refractivity contribution in [3.8, 4) is 10.7 Å². The summed E-state index contributed by atoms with van der Waals surface area (Å²) in [5.41, 5.74) is -0.926. The average molecular weight is 304 g/mol. The number of carboxylic acids is 1. The number of hydrogen-bond donors (Lipinski definition) is 2. The number of nitrogens with zero attached hydrogens (tertiary/aromatic N) is 1. The summed E-state index contributed by atoms with van der Waals surface area (Å²) >= 11 is 1.28. The van der Waals surface area contributed by atoms with E-state index < -0.39 is 11.5 Å².